The maximum atomic E-state index is 12.5. The molecule has 0 unspecified atom stereocenters. The van der Waals surface area contributed by atoms with E-state index < -0.39 is 10.0 Å². The summed E-state index contributed by atoms with van der Waals surface area (Å²) < 4.78 is 26.0. The fourth-order valence-corrected chi connectivity index (χ4v) is 3.14. The third kappa shape index (κ3) is 3.75. The van der Waals surface area contributed by atoms with Crippen molar-refractivity contribution in [3.05, 3.63) is 29.8 Å². The van der Waals surface area contributed by atoms with Crippen LogP contribution < -0.4 is 11.1 Å². The first kappa shape index (κ1) is 16.5. The molecule has 20 heavy (non-hydrogen) atoms. The second-order valence-electron chi connectivity index (χ2n) is 4.00. The molecule has 0 radical (unpaired) electrons. The van der Waals surface area contributed by atoms with Crippen LogP contribution in [0, 0.1) is 0 Å². The number of carbonyl (C=O) groups excluding carboxylic acids is 1. The molecule has 0 aliphatic heterocycles. The number of nitrogens with one attached hydrogen (secondary N) is 1. The summed E-state index contributed by atoms with van der Waals surface area (Å²) in [5.74, 6) is -0.374. The minimum absolute atomic E-state index is 0.0635. The van der Waals surface area contributed by atoms with E-state index in [-0.39, 0.29) is 28.9 Å². The number of benzene rings is 1. The normalized spacial score (nSPS) is 11.3. The Kier molecular flexibility index (Phi) is 5.61. The first-order chi connectivity index (χ1) is 9.32. The molecule has 0 aliphatic rings. The van der Waals surface area contributed by atoms with E-state index in [4.69, 9.17) is 18.0 Å². The summed E-state index contributed by atoms with van der Waals surface area (Å²) in [4.78, 5) is 11.6. The van der Waals surface area contributed by atoms with E-state index in [1.165, 1.54) is 19.2 Å². The molecular weight excluding hydrogens is 298 g/mol. The van der Waals surface area contributed by atoms with E-state index in [9.17, 15) is 13.2 Å². The predicted molar refractivity (Wildman–Crippen MR) is 80.8 cm³/mol. The van der Waals surface area contributed by atoms with Crippen molar-refractivity contribution in [2.45, 2.75) is 11.8 Å². The average molecular weight is 315 g/mol. The van der Waals surface area contributed by atoms with Gasteiger partial charge in [-0.05, 0) is 12.1 Å². The number of thiocarbonyl (C=S) groups is 1. The lowest BCUT2D eigenvalue weighted by molar-refractivity contribution is -0.120. The van der Waals surface area contributed by atoms with Crippen molar-refractivity contribution < 1.29 is 13.2 Å². The third-order valence-corrected chi connectivity index (χ3v) is 4.86. The molecule has 0 atom stereocenters. The van der Waals surface area contributed by atoms with Crippen molar-refractivity contribution in [2.75, 3.05) is 20.1 Å². The summed E-state index contributed by atoms with van der Waals surface area (Å²) in [5.41, 5.74) is 5.97. The van der Waals surface area contributed by atoms with E-state index in [1.54, 1.807) is 19.1 Å². The smallest absolute Gasteiger partial charge is 0.243 e. The van der Waals surface area contributed by atoms with Crippen molar-refractivity contribution in [2.24, 2.45) is 5.73 Å². The van der Waals surface area contributed by atoms with Gasteiger partial charge in [0.1, 0.15) is 4.99 Å². The number of hydrogen-bond acceptors (Lipinski definition) is 4. The van der Waals surface area contributed by atoms with Gasteiger partial charge in [0.05, 0.1) is 11.4 Å². The van der Waals surface area contributed by atoms with Gasteiger partial charge in [0.15, 0.2) is 0 Å². The van der Waals surface area contributed by atoms with Gasteiger partial charge < -0.3 is 11.1 Å². The minimum atomic E-state index is -3.75. The molecule has 0 aromatic heterocycles. The average Bonchev–Trinajstić information content (AvgIpc) is 2.44. The zero-order valence-electron chi connectivity index (χ0n) is 11.3. The molecule has 0 heterocycles. The summed E-state index contributed by atoms with van der Waals surface area (Å²) in [5, 5.41) is 2.40. The molecule has 1 rings (SSSR count). The highest BCUT2D eigenvalue weighted by Gasteiger charge is 2.25. The van der Waals surface area contributed by atoms with Crippen LogP contribution >= 0.6 is 12.2 Å². The van der Waals surface area contributed by atoms with Crippen molar-refractivity contribution in [3.8, 4) is 0 Å². The number of sulfonamides is 1. The maximum absolute atomic E-state index is 12.5. The Balaban J connectivity index is 3.17. The van der Waals surface area contributed by atoms with Crippen LogP contribution in [0.2, 0.25) is 0 Å². The summed E-state index contributed by atoms with van der Waals surface area (Å²) in [7, 11) is -2.30. The highest BCUT2D eigenvalue weighted by atomic mass is 32.2. The second kappa shape index (κ2) is 6.78. The number of nitrogens with two attached hydrogens (primary N) is 1. The highest BCUT2D eigenvalue weighted by Crippen LogP contribution is 2.17. The predicted octanol–water partition coefficient (Wildman–Crippen LogP) is 0.0774. The van der Waals surface area contributed by atoms with Crippen LogP contribution in [0.25, 0.3) is 0 Å². The number of hydrogen-bond donors (Lipinski definition) is 2. The van der Waals surface area contributed by atoms with Gasteiger partial charge in [-0.25, -0.2) is 8.42 Å². The molecule has 3 N–H and O–H groups in total. The minimum Gasteiger partial charge on any atom is -0.389 e. The molecule has 0 bridgehead atoms. The first-order valence-electron chi connectivity index (χ1n) is 5.93. The standard InChI is InChI=1S/C12H17N3O3S2/c1-3-15(8-11(16)14-2)20(17,18)10-6-4-5-9(7-10)12(13)19/h4-7H,3,8H2,1-2H3,(H2,13,19)(H,14,16). The van der Waals surface area contributed by atoms with Gasteiger partial charge in [0.25, 0.3) is 0 Å². The van der Waals surface area contributed by atoms with Crippen LogP contribution in [0.1, 0.15) is 12.5 Å². The Morgan fingerprint density at radius 3 is 2.60 bits per heavy atom. The Hall–Kier alpha value is -1.51. The molecule has 8 heteroatoms. The number of carbonyl (C=O) groups is 1. The van der Waals surface area contributed by atoms with E-state index in [0.29, 0.717) is 5.56 Å². The molecule has 0 aliphatic carbocycles. The van der Waals surface area contributed by atoms with E-state index in [2.05, 4.69) is 5.32 Å². The van der Waals surface area contributed by atoms with Gasteiger partial charge in [-0.15, -0.1) is 0 Å². The fourth-order valence-electron chi connectivity index (χ4n) is 1.56. The molecule has 1 amide bonds. The van der Waals surface area contributed by atoms with Gasteiger partial charge in [-0.1, -0.05) is 31.3 Å². The molecular formula is C12H17N3O3S2. The summed E-state index contributed by atoms with van der Waals surface area (Å²) in [6.45, 7) is 1.62. The lowest BCUT2D eigenvalue weighted by atomic mass is 10.2. The molecule has 1 aromatic carbocycles. The Bertz CT molecular complexity index is 614. The zero-order valence-corrected chi connectivity index (χ0v) is 12.9. The van der Waals surface area contributed by atoms with Crippen molar-refractivity contribution >= 4 is 33.1 Å². The van der Waals surface area contributed by atoms with Crippen LogP contribution in [0.5, 0.6) is 0 Å². The molecule has 0 fully saturated rings. The van der Waals surface area contributed by atoms with Gasteiger partial charge in [0, 0.05) is 19.2 Å². The molecule has 0 saturated carbocycles. The maximum Gasteiger partial charge on any atom is 0.243 e. The van der Waals surface area contributed by atoms with Crippen LogP contribution in [0.4, 0.5) is 0 Å². The largest absolute Gasteiger partial charge is 0.389 e. The number of amides is 1. The van der Waals surface area contributed by atoms with Crippen molar-refractivity contribution in [1.29, 1.82) is 0 Å². The van der Waals surface area contributed by atoms with Gasteiger partial charge in [-0.2, -0.15) is 4.31 Å². The van der Waals surface area contributed by atoms with Gasteiger partial charge in [-0.3, -0.25) is 4.79 Å². The number of rotatable bonds is 6. The summed E-state index contributed by atoms with van der Waals surface area (Å²) in [6.07, 6.45) is 0. The van der Waals surface area contributed by atoms with Gasteiger partial charge >= 0.3 is 0 Å². The van der Waals surface area contributed by atoms with Crippen LogP contribution in [0.15, 0.2) is 29.2 Å². The quantitative estimate of drug-likeness (QED) is 0.725. The Morgan fingerprint density at radius 1 is 1.45 bits per heavy atom. The highest BCUT2D eigenvalue weighted by molar-refractivity contribution is 7.89. The lowest BCUT2D eigenvalue weighted by Crippen LogP contribution is -2.39. The molecule has 0 spiro atoms. The van der Waals surface area contributed by atoms with Gasteiger partial charge in [0.2, 0.25) is 15.9 Å². The fraction of sp³-hybridized carbons (Fsp3) is 0.333. The topological polar surface area (TPSA) is 92.5 Å². The van der Waals surface area contributed by atoms with Crippen LogP contribution in [-0.2, 0) is 14.8 Å². The van der Waals surface area contributed by atoms with Crippen molar-refractivity contribution in [3.63, 3.8) is 0 Å². The summed E-state index contributed by atoms with van der Waals surface area (Å²) in [6, 6.07) is 6.05. The van der Waals surface area contributed by atoms with E-state index in [0.717, 1.165) is 4.31 Å². The monoisotopic (exact) mass is 315 g/mol. The van der Waals surface area contributed by atoms with Crippen LogP contribution in [-0.4, -0.2) is 43.8 Å². The number of likely N-dealkylation sites (N-methyl/N-ethyl adjacent to an activating group) is 2. The first-order valence-corrected chi connectivity index (χ1v) is 7.78. The van der Waals surface area contributed by atoms with E-state index in [1.807, 2.05) is 0 Å². The Morgan fingerprint density at radius 2 is 2.10 bits per heavy atom. The molecule has 1 aromatic rings. The molecule has 110 valence electrons. The zero-order chi connectivity index (χ0) is 15.3. The number of nitrogens with zero attached hydrogens (tertiary/aromatic N) is 1. The van der Waals surface area contributed by atoms with Crippen LogP contribution in [0.3, 0.4) is 0 Å². The molecule has 6 nitrogen and oxygen atoms in total. The SMILES string of the molecule is CCN(CC(=O)NC)S(=O)(=O)c1cccc(C(N)=S)c1. The lowest BCUT2D eigenvalue weighted by Gasteiger charge is -2.19. The van der Waals surface area contributed by atoms with E-state index >= 15 is 0 Å². The molecule has 0 saturated heterocycles. The Labute approximate surface area is 124 Å². The van der Waals surface area contributed by atoms with Crippen molar-refractivity contribution in [1.82, 2.24) is 9.62 Å². The second-order valence-corrected chi connectivity index (χ2v) is 6.37. The summed E-state index contributed by atoms with van der Waals surface area (Å²) >= 11 is 4.83. The third-order valence-electron chi connectivity index (χ3n) is 2.71.